The molecule has 2 aromatic rings. The highest BCUT2D eigenvalue weighted by molar-refractivity contribution is 6.30. The van der Waals surface area contributed by atoms with E-state index in [4.69, 9.17) is 16.7 Å². The van der Waals surface area contributed by atoms with Crippen LogP contribution in [0.1, 0.15) is 10.4 Å². The lowest BCUT2D eigenvalue weighted by molar-refractivity contribution is 0.0697. The van der Waals surface area contributed by atoms with E-state index in [2.05, 4.69) is 5.32 Å². The number of aromatic carboxylic acids is 1. The highest BCUT2D eigenvalue weighted by Gasteiger charge is 2.05. The lowest BCUT2D eigenvalue weighted by atomic mass is 10.2. The van der Waals surface area contributed by atoms with Crippen LogP contribution in [0, 0.1) is 5.82 Å². The van der Waals surface area contributed by atoms with Crippen molar-refractivity contribution in [2.45, 2.75) is 0 Å². The van der Waals surface area contributed by atoms with Crippen molar-refractivity contribution in [2.75, 3.05) is 5.32 Å². The molecule has 2 N–H and O–H groups in total. The van der Waals surface area contributed by atoms with E-state index in [-0.39, 0.29) is 11.3 Å². The number of carboxylic acid groups (broad SMARTS) is 1. The van der Waals surface area contributed by atoms with Crippen LogP contribution in [0.25, 0.3) is 0 Å². The lowest BCUT2D eigenvalue weighted by Crippen LogP contribution is -1.97. The molecule has 0 aliphatic heterocycles. The molecule has 0 fully saturated rings. The van der Waals surface area contributed by atoms with E-state index >= 15 is 0 Å². The SMILES string of the molecule is O=C(O)c1ccc(Nc2cc(Cl)ccc2F)cc1. The van der Waals surface area contributed by atoms with Crippen LogP contribution in [-0.4, -0.2) is 11.1 Å². The van der Waals surface area contributed by atoms with Crippen LogP contribution in [-0.2, 0) is 0 Å². The molecule has 0 aromatic heterocycles. The minimum Gasteiger partial charge on any atom is -0.478 e. The fourth-order valence-electron chi connectivity index (χ4n) is 1.44. The summed E-state index contributed by atoms with van der Waals surface area (Å²) in [6.45, 7) is 0. The summed E-state index contributed by atoms with van der Waals surface area (Å²) in [6, 6.07) is 10.2. The predicted octanol–water partition coefficient (Wildman–Crippen LogP) is 3.92. The standard InChI is InChI=1S/C13H9ClFNO2/c14-9-3-6-11(15)12(7-9)16-10-4-1-8(2-5-10)13(17)18/h1-7,16H,(H,17,18). The second-order valence-electron chi connectivity index (χ2n) is 3.63. The zero-order valence-electron chi connectivity index (χ0n) is 9.15. The molecule has 0 saturated heterocycles. The molecule has 18 heavy (non-hydrogen) atoms. The van der Waals surface area contributed by atoms with Crippen LogP contribution in [0.2, 0.25) is 5.02 Å². The summed E-state index contributed by atoms with van der Waals surface area (Å²) >= 11 is 5.77. The van der Waals surface area contributed by atoms with Crippen LogP contribution in [0.3, 0.4) is 0 Å². The van der Waals surface area contributed by atoms with Crippen molar-refractivity contribution in [1.82, 2.24) is 0 Å². The molecule has 0 saturated carbocycles. The van der Waals surface area contributed by atoms with Gasteiger partial charge in [-0.2, -0.15) is 0 Å². The van der Waals surface area contributed by atoms with E-state index in [1.165, 1.54) is 30.3 Å². The van der Waals surface area contributed by atoms with Gasteiger partial charge in [-0.05, 0) is 42.5 Å². The third kappa shape index (κ3) is 2.78. The molecule has 2 rings (SSSR count). The van der Waals surface area contributed by atoms with E-state index in [9.17, 15) is 9.18 Å². The lowest BCUT2D eigenvalue weighted by Gasteiger charge is -2.08. The molecule has 0 atom stereocenters. The highest BCUT2D eigenvalue weighted by Crippen LogP contribution is 2.23. The Kier molecular flexibility index (Phi) is 3.48. The Morgan fingerprint density at radius 3 is 2.44 bits per heavy atom. The van der Waals surface area contributed by atoms with Crippen LogP contribution in [0.4, 0.5) is 15.8 Å². The summed E-state index contributed by atoms with van der Waals surface area (Å²) < 4.78 is 13.4. The summed E-state index contributed by atoms with van der Waals surface area (Å²) in [5.74, 6) is -1.43. The van der Waals surface area contributed by atoms with Crippen LogP contribution in [0.15, 0.2) is 42.5 Å². The van der Waals surface area contributed by atoms with Crippen molar-refractivity contribution in [3.8, 4) is 0 Å². The molecule has 3 nitrogen and oxygen atoms in total. The van der Waals surface area contributed by atoms with Gasteiger partial charge in [-0.1, -0.05) is 11.6 Å². The van der Waals surface area contributed by atoms with Gasteiger partial charge in [-0.25, -0.2) is 9.18 Å². The van der Waals surface area contributed by atoms with Crippen LogP contribution < -0.4 is 5.32 Å². The molecular weight excluding hydrogens is 257 g/mol. The number of nitrogens with one attached hydrogen (secondary N) is 1. The summed E-state index contributed by atoms with van der Waals surface area (Å²) in [5, 5.41) is 12.0. The fraction of sp³-hybridized carbons (Fsp3) is 0. The normalized spacial score (nSPS) is 10.1. The van der Waals surface area contributed by atoms with E-state index in [0.717, 1.165) is 0 Å². The molecule has 92 valence electrons. The smallest absolute Gasteiger partial charge is 0.335 e. The van der Waals surface area contributed by atoms with Gasteiger partial charge >= 0.3 is 5.97 Å². The van der Waals surface area contributed by atoms with Gasteiger partial charge in [-0.3, -0.25) is 0 Å². The summed E-state index contributed by atoms with van der Waals surface area (Å²) in [5.41, 5.74) is 0.999. The summed E-state index contributed by atoms with van der Waals surface area (Å²) in [4.78, 5) is 10.7. The number of carboxylic acids is 1. The summed E-state index contributed by atoms with van der Waals surface area (Å²) in [6.07, 6.45) is 0. The molecule has 0 radical (unpaired) electrons. The molecular formula is C13H9ClFNO2. The number of rotatable bonds is 3. The van der Waals surface area contributed by atoms with Gasteiger partial charge in [0, 0.05) is 10.7 Å². The first kappa shape index (κ1) is 12.4. The second-order valence-corrected chi connectivity index (χ2v) is 4.07. The van der Waals surface area contributed by atoms with Crippen molar-refractivity contribution in [2.24, 2.45) is 0 Å². The van der Waals surface area contributed by atoms with E-state index in [1.807, 2.05) is 0 Å². The van der Waals surface area contributed by atoms with Gasteiger partial charge in [-0.15, -0.1) is 0 Å². The third-order valence-electron chi connectivity index (χ3n) is 2.34. The number of benzene rings is 2. The Morgan fingerprint density at radius 2 is 1.83 bits per heavy atom. The maximum atomic E-state index is 13.4. The van der Waals surface area contributed by atoms with Crippen molar-refractivity contribution >= 4 is 28.9 Å². The highest BCUT2D eigenvalue weighted by atomic mass is 35.5. The van der Waals surface area contributed by atoms with E-state index in [0.29, 0.717) is 10.7 Å². The first-order valence-corrected chi connectivity index (χ1v) is 5.49. The number of hydrogen-bond acceptors (Lipinski definition) is 2. The number of hydrogen-bond donors (Lipinski definition) is 2. The zero-order chi connectivity index (χ0) is 13.1. The van der Waals surface area contributed by atoms with Gasteiger partial charge in [0.25, 0.3) is 0 Å². The largest absolute Gasteiger partial charge is 0.478 e. The molecule has 0 unspecified atom stereocenters. The average molecular weight is 266 g/mol. The molecule has 0 spiro atoms. The van der Waals surface area contributed by atoms with Gasteiger partial charge in [0.1, 0.15) is 5.82 Å². The minimum atomic E-state index is -1.00. The minimum absolute atomic E-state index is 0.173. The second kappa shape index (κ2) is 5.06. The quantitative estimate of drug-likeness (QED) is 0.884. The average Bonchev–Trinajstić information content (AvgIpc) is 2.34. The Hall–Kier alpha value is -2.07. The Balaban J connectivity index is 2.23. The number of carbonyl (C=O) groups is 1. The van der Waals surface area contributed by atoms with Crippen molar-refractivity contribution < 1.29 is 14.3 Å². The first-order chi connectivity index (χ1) is 8.56. The molecule has 5 heteroatoms. The predicted molar refractivity (Wildman–Crippen MR) is 68.1 cm³/mol. The molecule has 2 aromatic carbocycles. The number of halogens is 2. The van der Waals surface area contributed by atoms with Gasteiger partial charge in [0.15, 0.2) is 0 Å². The Morgan fingerprint density at radius 1 is 1.17 bits per heavy atom. The van der Waals surface area contributed by atoms with Gasteiger partial charge < -0.3 is 10.4 Å². The summed E-state index contributed by atoms with van der Waals surface area (Å²) in [7, 11) is 0. The monoisotopic (exact) mass is 265 g/mol. The molecule has 0 heterocycles. The third-order valence-corrected chi connectivity index (χ3v) is 2.57. The zero-order valence-corrected chi connectivity index (χ0v) is 9.91. The Bertz CT molecular complexity index is 584. The maximum absolute atomic E-state index is 13.4. The topological polar surface area (TPSA) is 49.3 Å². The van der Waals surface area contributed by atoms with Gasteiger partial charge in [0.05, 0.1) is 11.3 Å². The molecule has 0 bridgehead atoms. The molecule has 0 aliphatic rings. The van der Waals surface area contributed by atoms with Crippen LogP contribution in [0.5, 0.6) is 0 Å². The van der Waals surface area contributed by atoms with E-state index < -0.39 is 11.8 Å². The van der Waals surface area contributed by atoms with Crippen molar-refractivity contribution in [1.29, 1.82) is 0 Å². The maximum Gasteiger partial charge on any atom is 0.335 e. The van der Waals surface area contributed by atoms with Crippen molar-refractivity contribution in [3.05, 3.63) is 58.9 Å². The Labute approximate surface area is 108 Å². The van der Waals surface area contributed by atoms with E-state index in [1.54, 1.807) is 12.1 Å². The van der Waals surface area contributed by atoms with Crippen LogP contribution >= 0.6 is 11.6 Å². The first-order valence-electron chi connectivity index (χ1n) is 5.12. The molecule has 0 aliphatic carbocycles. The van der Waals surface area contributed by atoms with Crippen molar-refractivity contribution in [3.63, 3.8) is 0 Å². The fourth-order valence-corrected chi connectivity index (χ4v) is 1.62. The molecule has 0 amide bonds. The number of anilines is 2. The van der Waals surface area contributed by atoms with Gasteiger partial charge in [0.2, 0.25) is 0 Å².